The topological polar surface area (TPSA) is 110 Å². The Morgan fingerprint density at radius 1 is 1.17 bits per heavy atom. The zero-order valence-electron chi connectivity index (χ0n) is 15.6. The van der Waals surface area contributed by atoms with Crippen molar-refractivity contribution in [2.45, 2.75) is 18.2 Å². The lowest BCUT2D eigenvalue weighted by atomic mass is 10.0. The highest BCUT2D eigenvalue weighted by molar-refractivity contribution is 7.98. The van der Waals surface area contributed by atoms with E-state index in [0.29, 0.717) is 16.8 Å². The molecule has 3 aromatic rings. The number of carbonyl (C=O) groups excluding carboxylic acids is 1. The van der Waals surface area contributed by atoms with E-state index in [2.05, 4.69) is 10.1 Å². The summed E-state index contributed by atoms with van der Waals surface area (Å²) < 4.78 is 1.50. The van der Waals surface area contributed by atoms with Crippen LogP contribution in [0, 0.1) is 0 Å². The number of rotatable bonds is 3. The van der Waals surface area contributed by atoms with Gasteiger partial charge in [-0.1, -0.05) is 28.6 Å². The van der Waals surface area contributed by atoms with E-state index in [1.54, 1.807) is 47.6 Å². The molecule has 2 aromatic carbocycles. The van der Waals surface area contributed by atoms with Crippen LogP contribution >= 0.6 is 11.8 Å². The third kappa shape index (κ3) is 3.09. The van der Waals surface area contributed by atoms with Gasteiger partial charge >= 0.3 is 5.97 Å². The van der Waals surface area contributed by atoms with Gasteiger partial charge in [0.25, 0.3) is 17.0 Å². The first-order valence-electron chi connectivity index (χ1n) is 8.69. The van der Waals surface area contributed by atoms with E-state index in [1.165, 1.54) is 35.5 Å². The molecule has 9 heteroatoms. The second-order valence-electron chi connectivity index (χ2n) is 6.40. The third-order valence-corrected chi connectivity index (χ3v) is 5.23. The van der Waals surface area contributed by atoms with Gasteiger partial charge < -0.3 is 10.2 Å². The van der Waals surface area contributed by atoms with Gasteiger partial charge in [-0.25, -0.2) is 14.7 Å². The van der Waals surface area contributed by atoms with Crippen molar-refractivity contribution in [2.75, 3.05) is 11.2 Å². The largest absolute Gasteiger partial charge is 0.854 e. The van der Waals surface area contributed by atoms with Crippen molar-refractivity contribution in [3.63, 3.8) is 0 Å². The molecular formula is C20H16N4O4S. The average molecular weight is 408 g/mol. The summed E-state index contributed by atoms with van der Waals surface area (Å²) in [5.41, 5.74) is 2.17. The summed E-state index contributed by atoms with van der Waals surface area (Å²) in [7, 11) is 0. The molecule has 1 aliphatic heterocycles. The summed E-state index contributed by atoms with van der Waals surface area (Å²) in [6.07, 6.45) is 1.01. The lowest BCUT2D eigenvalue weighted by molar-refractivity contribution is -0.764. The van der Waals surface area contributed by atoms with Gasteiger partial charge in [0.15, 0.2) is 0 Å². The number of fused-ring (bicyclic) bond motifs is 3. The van der Waals surface area contributed by atoms with Crippen molar-refractivity contribution in [1.29, 1.82) is 0 Å². The Morgan fingerprint density at radius 2 is 1.86 bits per heavy atom. The Balaban J connectivity index is 2.02. The summed E-state index contributed by atoms with van der Waals surface area (Å²) in [4.78, 5) is 29.5. The number of carbonyl (C=O) groups is 2. The molecular weight excluding hydrogens is 392 g/mol. The van der Waals surface area contributed by atoms with Gasteiger partial charge in [0.05, 0.1) is 22.7 Å². The maximum absolute atomic E-state index is 12.8. The first-order chi connectivity index (χ1) is 13.9. The van der Waals surface area contributed by atoms with Crippen LogP contribution in [0.1, 0.15) is 29.0 Å². The number of amides is 1. The normalized spacial score (nSPS) is 14.8. The minimum atomic E-state index is -1.05. The molecule has 0 bridgehead atoms. The van der Waals surface area contributed by atoms with Crippen LogP contribution in [0.5, 0.6) is 5.88 Å². The SMILES string of the molecule is CSc1nc([O-])c2[n+](n1)C(c1ccc(C(=O)O)cc1)N(C(C)=O)c1ccccc1-2. The molecule has 0 aliphatic carbocycles. The number of thioether (sulfide) groups is 1. The van der Waals surface area contributed by atoms with E-state index in [-0.39, 0.29) is 22.3 Å². The van der Waals surface area contributed by atoms with Crippen molar-refractivity contribution < 1.29 is 24.5 Å². The molecule has 0 fully saturated rings. The fourth-order valence-electron chi connectivity index (χ4n) is 3.46. The first kappa shape index (κ1) is 18.9. The van der Waals surface area contributed by atoms with Crippen molar-refractivity contribution in [3.8, 4) is 17.1 Å². The van der Waals surface area contributed by atoms with Crippen LogP contribution in [0.2, 0.25) is 0 Å². The first-order valence-corrected chi connectivity index (χ1v) is 9.92. The minimum absolute atomic E-state index is 0.126. The number of nitrogens with zero attached hydrogens (tertiary/aromatic N) is 4. The molecule has 1 atom stereocenters. The molecule has 1 unspecified atom stereocenters. The van der Waals surface area contributed by atoms with Crippen LogP contribution in [0.3, 0.4) is 0 Å². The van der Waals surface area contributed by atoms with Crippen LogP contribution in [0.15, 0.2) is 53.7 Å². The molecule has 29 heavy (non-hydrogen) atoms. The molecule has 1 aliphatic rings. The maximum atomic E-state index is 12.8. The van der Waals surface area contributed by atoms with Crippen LogP contribution in [0.25, 0.3) is 11.3 Å². The molecule has 0 spiro atoms. The number of hydrogen-bond donors (Lipinski definition) is 1. The molecule has 8 nitrogen and oxygen atoms in total. The van der Waals surface area contributed by atoms with E-state index in [4.69, 9.17) is 0 Å². The molecule has 2 heterocycles. The van der Waals surface area contributed by atoms with E-state index >= 15 is 0 Å². The second-order valence-corrected chi connectivity index (χ2v) is 7.18. The lowest BCUT2D eigenvalue weighted by Gasteiger charge is -2.32. The standard InChI is InChI=1S/C20H16N4O4S/c1-11(25)23-15-6-4-3-5-14(15)16-17(26)21-20(29-2)22-24(16)18(23)12-7-9-13(10-8-12)19(27)28/h3-10,18H,1-2H3,(H-,21,22,26,27,28). The van der Waals surface area contributed by atoms with Crippen molar-refractivity contribution >= 4 is 29.3 Å². The number of anilines is 1. The fraction of sp³-hybridized carbons (Fsp3) is 0.150. The Labute approximate surface area is 170 Å². The number of aromatic nitrogens is 3. The Hall–Kier alpha value is -3.46. The summed E-state index contributed by atoms with van der Waals surface area (Å²) in [5, 5.41) is 26.8. The Bertz CT molecular complexity index is 1130. The van der Waals surface area contributed by atoms with Crippen LogP contribution < -0.4 is 14.7 Å². The van der Waals surface area contributed by atoms with Gasteiger partial charge in [0.2, 0.25) is 5.91 Å². The van der Waals surface area contributed by atoms with Gasteiger partial charge in [-0.2, -0.15) is 0 Å². The predicted molar refractivity (Wildman–Crippen MR) is 104 cm³/mol. The molecule has 1 N–H and O–H groups in total. The number of para-hydroxylation sites is 1. The van der Waals surface area contributed by atoms with Crippen LogP contribution in [-0.2, 0) is 4.79 Å². The zero-order chi connectivity index (χ0) is 20.7. The Kier molecular flexibility index (Phi) is 4.67. The molecule has 146 valence electrons. The lowest BCUT2D eigenvalue weighted by Crippen LogP contribution is -2.58. The zero-order valence-corrected chi connectivity index (χ0v) is 16.4. The van der Waals surface area contributed by atoms with Gasteiger partial charge in [-0.3, -0.25) is 4.79 Å². The smallest absolute Gasteiger partial charge is 0.335 e. The van der Waals surface area contributed by atoms with Gasteiger partial charge in [0.1, 0.15) is 0 Å². The minimum Gasteiger partial charge on any atom is -0.854 e. The van der Waals surface area contributed by atoms with E-state index in [1.807, 2.05) is 0 Å². The monoisotopic (exact) mass is 408 g/mol. The maximum Gasteiger partial charge on any atom is 0.335 e. The van der Waals surface area contributed by atoms with Crippen molar-refractivity contribution in [1.82, 2.24) is 10.1 Å². The summed E-state index contributed by atoms with van der Waals surface area (Å²) >= 11 is 1.23. The Morgan fingerprint density at radius 3 is 2.48 bits per heavy atom. The highest BCUT2D eigenvalue weighted by atomic mass is 32.2. The number of aromatic carboxylic acids is 1. The molecule has 1 amide bonds. The van der Waals surface area contributed by atoms with Gasteiger partial charge in [-0.15, -0.1) is 0 Å². The summed E-state index contributed by atoms with van der Waals surface area (Å²) in [5.74, 6) is -1.72. The van der Waals surface area contributed by atoms with E-state index in [0.717, 1.165) is 0 Å². The fourth-order valence-corrected chi connectivity index (χ4v) is 3.80. The molecule has 0 radical (unpaired) electrons. The van der Waals surface area contributed by atoms with Crippen LogP contribution in [-0.4, -0.2) is 33.3 Å². The molecule has 1 aromatic heterocycles. The average Bonchev–Trinajstić information content (AvgIpc) is 2.72. The summed E-state index contributed by atoms with van der Waals surface area (Å²) in [6.45, 7) is 1.44. The van der Waals surface area contributed by atoms with Crippen molar-refractivity contribution in [2.24, 2.45) is 0 Å². The highest BCUT2D eigenvalue weighted by Crippen LogP contribution is 2.40. The molecule has 0 saturated heterocycles. The summed E-state index contributed by atoms with van der Waals surface area (Å²) in [6, 6.07) is 13.3. The van der Waals surface area contributed by atoms with E-state index in [9.17, 15) is 19.8 Å². The highest BCUT2D eigenvalue weighted by Gasteiger charge is 2.43. The number of carboxylic acids is 1. The van der Waals surface area contributed by atoms with Gasteiger partial charge in [-0.05, 0) is 42.7 Å². The number of hydrogen-bond acceptors (Lipinski definition) is 6. The van der Waals surface area contributed by atoms with Crippen molar-refractivity contribution in [3.05, 3.63) is 59.7 Å². The van der Waals surface area contributed by atoms with Crippen LogP contribution in [0.4, 0.5) is 5.69 Å². The number of carboxylic acid groups (broad SMARTS) is 1. The predicted octanol–water partition coefficient (Wildman–Crippen LogP) is 1.84. The second kappa shape index (κ2) is 7.17. The van der Waals surface area contributed by atoms with E-state index < -0.39 is 18.0 Å². The molecule has 0 saturated carbocycles. The quantitative estimate of drug-likeness (QED) is 0.520. The molecule has 4 rings (SSSR count). The third-order valence-electron chi connectivity index (χ3n) is 4.69. The van der Waals surface area contributed by atoms with Gasteiger partial charge in [0, 0.05) is 17.6 Å². The number of benzene rings is 2.